The summed E-state index contributed by atoms with van der Waals surface area (Å²) in [6.45, 7) is 6.98. The van der Waals surface area contributed by atoms with Gasteiger partial charge in [-0.05, 0) is 44.9 Å². The molecule has 2 atom stereocenters. The van der Waals surface area contributed by atoms with Gasteiger partial charge >= 0.3 is 0 Å². The number of ether oxygens (including phenoxy) is 6. The molecule has 0 saturated heterocycles. The molecule has 0 heterocycles. The molecule has 1 aliphatic rings. The van der Waals surface area contributed by atoms with Gasteiger partial charge in [0.25, 0.3) is 0 Å². The average Bonchev–Trinajstić information content (AvgIpc) is 3.13. The standard InChI is InChI=1S/C35H68N5O13P/c1-28(2)54(45,46)53-30-11-9-29(10-12-30)34(43)38-13-7-6-8-31(35(44)39-16-19-52-25-22-49-5)40(26-32(41)36-14-17-50-23-20-47-3)27-33(42)37-15-18-51-24-21-48-4/h28-31H,6-27H2,1-5H3,(H,36,41)(H,37,42)(H,38,43)(H,39,44)(H,45,46)/p-1. The lowest BCUT2D eigenvalue weighted by Crippen LogP contribution is -2.54. The fourth-order valence-electron chi connectivity index (χ4n) is 5.44. The Morgan fingerprint density at radius 2 is 1.15 bits per heavy atom. The van der Waals surface area contributed by atoms with Gasteiger partial charge in [-0.3, -0.25) is 24.1 Å². The van der Waals surface area contributed by atoms with E-state index in [1.807, 2.05) is 0 Å². The topological polar surface area (TPSA) is 224 Å². The van der Waals surface area contributed by atoms with E-state index in [0.717, 1.165) is 0 Å². The van der Waals surface area contributed by atoms with Crippen molar-refractivity contribution < 1.29 is 61.6 Å². The molecule has 0 bridgehead atoms. The predicted molar refractivity (Wildman–Crippen MR) is 199 cm³/mol. The van der Waals surface area contributed by atoms with Gasteiger partial charge in [0.15, 0.2) is 0 Å². The fraction of sp³-hybridized carbons (Fsp3) is 0.886. The molecule has 0 radical (unpaired) electrons. The van der Waals surface area contributed by atoms with E-state index in [0.29, 0.717) is 91.1 Å². The second-order valence-corrected chi connectivity index (χ2v) is 15.5. The molecule has 1 rings (SSSR count). The SMILES string of the molecule is COCCOCCNC(=O)CN(CC(=O)NCCOCCOC)C(CCCCNC(=O)C1CCC(OP(=O)([O-])C(C)C)CC1)C(=O)NCCOCCOC. The first-order valence-corrected chi connectivity index (χ1v) is 20.6. The van der Waals surface area contributed by atoms with Crippen LogP contribution in [0.5, 0.6) is 0 Å². The molecule has 19 heteroatoms. The van der Waals surface area contributed by atoms with Crippen molar-refractivity contribution >= 4 is 31.2 Å². The Morgan fingerprint density at radius 3 is 1.61 bits per heavy atom. The maximum absolute atomic E-state index is 13.6. The highest BCUT2D eigenvalue weighted by Crippen LogP contribution is 2.46. The summed E-state index contributed by atoms with van der Waals surface area (Å²) in [5.41, 5.74) is -0.599. The van der Waals surface area contributed by atoms with E-state index in [1.54, 1.807) is 40.1 Å². The van der Waals surface area contributed by atoms with Gasteiger partial charge in [0, 0.05) is 59.1 Å². The molecule has 0 spiro atoms. The predicted octanol–water partition coefficient (Wildman–Crippen LogP) is -0.182. The van der Waals surface area contributed by atoms with Crippen LogP contribution in [0.25, 0.3) is 0 Å². The first-order valence-electron chi connectivity index (χ1n) is 19.0. The van der Waals surface area contributed by atoms with Crippen LogP contribution in [0, 0.1) is 5.92 Å². The Hall–Kier alpha value is -2.25. The average molecular weight is 797 g/mol. The summed E-state index contributed by atoms with van der Waals surface area (Å²) in [5, 5.41) is 11.4. The lowest BCUT2D eigenvalue weighted by Gasteiger charge is -2.35. The number of amides is 4. The molecule has 4 amide bonds. The number of hydrogen-bond donors (Lipinski definition) is 4. The summed E-state index contributed by atoms with van der Waals surface area (Å²) in [6, 6.07) is -0.842. The van der Waals surface area contributed by atoms with Crippen LogP contribution < -0.4 is 26.2 Å². The Balaban J connectivity index is 2.85. The number of carbonyl (C=O) groups is 4. The van der Waals surface area contributed by atoms with Crippen molar-refractivity contribution in [1.82, 2.24) is 26.2 Å². The largest absolute Gasteiger partial charge is 0.778 e. The van der Waals surface area contributed by atoms with E-state index in [2.05, 4.69) is 21.3 Å². The van der Waals surface area contributed by atoms with Crippen LogP contribution in [0.2, 0.25) is 0 Å². The van der Waals surface area contributed by atoms with Crippen LogP contribution in [0.15, 0.2) is 0 Å². The lowest BCUT2D eigenvalue weighted by molar-refractivity contribution is -0.205. The van der Waals surface area contributed by atoms with Crippen molar-refractivity contribution in [3.8, 4) is 0 Å². The number of rotatable bonds is 33. The van der Waals surface area contributed by atoms with E-state index < -0.39 is 25.4 Å². The number of nitrogens with one attached hydrogen (secondary N) is 4. The van der Waals surface area contributed by atoms with Crippen LogP contribution in [0.3, 0.4) is 0 Å². The molecule has 0 aromatic heterocycles. The number of carbonyl (C=O) groups excluding carboxylic acids is 4. The number of methoxy groups -OCH3 is 3. The highest BCUT2D eigenvalue weighted by atomic mass is 31.2. The Kier molecular flexibility index (Phi) is 28.5. The van der Waals surface area contributed by atoms with E-state index in [1.165, 1.54) is 0 Å². The maximum Gasteiger partial charge on any atom is 0.237 e. The van der Waals surface area contributed by atoms with Crippen LogP contribution in [-0.2, 0) is 56.7 Å². The summed E-state index contributed by atoms with van der Waals surface area (Å²) in [7, 11) is 0.771. The van der Waals surface area contributed by atoms with Gasteiger partial charge in [-0.1, -0.05) is 13.8 Å². The molecule has 54 heavy (non-hydrogen) atoms. The maximum atomic E-state index is 13.6. The minimum absolute atomic E-state index is 0.0993. The van der Waals surface area contributed by atoms with Gasteiger partial charge in [-0.15, -0.1) is 0 Å². The quantitative estimate of drug-likeness (QED) is 0.0500. The molecule has 316 valence electrons. The molecule has 0 aliphatic heterocycles. The van der Waals surface area contributed by atoms with Crippen molar-refractivity contribution in [3.05, 3.63) is 0 Å². The minimum Gasteiger partial charge on any atom is -0.778 e. The van der Waals surface area contributed by atoms with Gasteiger partial charge < -0.3 is 63.7 Å². The molecular weight excluding hydrogens is 729 g/mol. The second-order valence-electron chi connectivity index (χ2n) is 13.2. The zero-order valence-electron chi connectivity index (χ0n) is 33.1. The van der Waals surface area contributed by atoms with Crippen LogP contribution in [-0.4, -0.2) is 166 Å². The normalized spacial score (nSPS) is 17.6. The highest BCUT2D eigenvalue weighted by Gasteiger charge is 2.31. The summed E-state index contributed by atoms with van der Waals surface area (Å²) < 4.78 is 48.7. The van der Waals surface area contributed by atoms with E-state index >= 15 is 0 Å². The fourth-order valence-corrected chi connectivity index (χ4v) is 6.31. The smallest absolute Gasteiger partial charge is 0.237 e. The molecule has 0 aromatic rings. The van der Waals surface area contributed by atoms with Gasteiger partial charge in [-0.2, -0.15) is 0 Å². The second kappa shape index (κ2) is 30.9. The molecule has 18 nitrogen and oxygen atoms in total. The molecule has 4 N–H and O–H groups in total. The van der Waals surface area contributed by atoms with E-state index in [9.17, 15) is 28.6 Å². The summed E-state index contributed by atoms with van der Waals surface area (Å²) in [5.74, 6) is -1.45. The molecule has 1 saturated carbocycles. The molecule has 2 unspecified atom stereocenters. The molecule has 1 aliphatic carbocycles. The summed E-state index contributed by atoms with van der Waals surface area (Å²) in [4.78, 5) is 66.3. The third kappa shape index (κ3) is 23.6. The Morgan fingerprint density at radius 1 is 0.667 bits per heavy atom. The summed E-state index contributed by atoms with van der Waals surface area (Å²) >= 11 is 0. The highest BCUT2D eigenvalue weighted by molar-refractivity contribution is 7.52. The van der Waals surface area contributed by atoms with Crippen LogP contribution >= 0.6 is 7.60 Å². The van der Waals surface area contributed by atoms with Crippen molar-refractivity contribution in [1.29, 1.82) is 0 Å². The van der Waals surface area contributed by atoms with Gasteiger partial charge in [-0.25, -0.2) is 0 Å². The Labute approximate surface area is 321 Å². The monoisotopic (exact) mass is 796 g/mol. The molecule has 1 fully saturated rings. The van der Waals surface area contributed by atoms with Crippen LogP contribution in [0.1, 0.15) is 58.8 Å². The van der Waals surface area contributed by atoms with E-state index in [4.69, 9.17) is 32.9 Å². The third-order valence-corrected chi connectivity index (χ3v) is 10.4. The van der Waals surface area contributed by atoms with Gasteiger partial charge in [0.2, 0.25) is 23.6 Å². The van der Waals surface area contributed by atoms with Gasteiger partial charge in [0.05, 0.1) is 84.7 Å². The van der Waals surface area contributed by atoms with Crippen molar-refractivity contribution in [2.75, 3.05) is 120 Å². The van der Waals surface area contributed by atoms with E-state index in [-0.39, 0.29) is 82.1 Å². The number of nitrogens with zero attached hydrogens (tertiary/aromatic N) is 1. The number of unbranched alkanes of at least 4 members (excludes halogenated alkanes) is 1. The van der Waals surface area contributed by atoms with Crippen molar-refractivity contribution in [2.24, 2.45) is 5.92 Å². The molecule has 0 aromatic carbocycles. The summed E-state index contributed by atoms with van der Waals surface area (Å²) in [6.07, 6.45) is 3.00. The zero-order valence-corrected chi connectivity index (χ0v) is 34.0. The van der Waals surface area contributed by atoms with Crippen LogP contribution in [0.4, 0.5) is 0 Å². The van der Waals surface area contributed by atoms with Gasteiger partial charge in [0.1, 0.15) is 7.60 Å². The minimum atomic E-state index is -3.93. The molecular formula is C35H67N5O13P-. The first kappa shape index (κ1) is 49.8. The first-order chi connectivity index (χ1) is 25.9. The Bertz CT molecular complexity index is 1050. The number of hydrogen-bond acceptors (Lipinski definition) is 14. The lowest BCUT2D eigenvalue weighted by atomic mass is 9.87. The third-order valence-electron chi connectivity index (χ3n) is 8.59. The van der Waals surface area contributed by atoms with Crippen molar-refractivity contribution in [2.45, 2.75) is 76.6 Å². The van der Waals surface area contributed by atoms with Crippen molar-refractivity contribution in [3.63, 3.8) is 0 Å². The zero-order chi connectivity index (χ0) is 40.0.